The van der Waals surface area contributed by atoms with Crippen LogP contribution in [0.4, 0.5) is 0 Å². The minimum absolute atomic E-state index is 0. The summed E-state index contributed by atoms with van der Waals surface area (Å²) in [5, 5.41) is 0. The summed E-state index contributed by atoms with van der Waals surface area (Å²) in [6, 6.07) is 0. The van der Waals surface area contributed by atoms with E-state index >= 15 is 0 Å². The monoisotopic (exact) mass is 792 g/mol. The van der Waals surface area contributed by atoms with Gasteiger partial charge in [-0.15, -0.1) is 0 Å². The van der Waals surface area contributed by atoms with Gasteiger partial charge < -0.3 is 70.8 Å². The minimum Gasteiger partial charge on any atom is -0.790 e. The standard InChI is InChI=1S/C20H39O18P3.6Na/c1-6-19(4,16(22)34-8-11-37-40(27,28)29)14-20(5,17(23)35-9-12-38-41(30,31)32)13-18(2,3)15(21)33-7-10-36-39(24,25)26;;;;;;/h6-14H2,1-5H3,(H2,24,25,26)(H2,27,28,29)(H2,30,31,32);;;;;;/q;6*+1/p-6. The Labute approximate surface area is 407 Å². The molecule has 0 heterocycles. The number of phosphoric ester groups is 3. The van der Waals surface area contributed by atoms with Crippen molar-refractivity contribution in [3.05, 3.63) is 0 Å². The van der Waals surface area contributed by atoms with Gasteiger partial charge >= 0.3 is 195 Å². The second kappa shape index (κ2) is 30.0. The summed E-state index contributed by atoms with van der Waals surface area (Å²) in [6.45, 7) is 2.73. The predicted molar refractivity (Wildman–Crippen MR) is 123 cm³/mol. The molecule has 2 atom stereocenters. The van der Waals surface area contributed by atoms with Crippen LogP contribution >= 0.6 is 23.5 Å². The molecule has 242 valence electrons. The third-order valence-electron chi connectivity index (χ3n) is 5.63. The SMILES string of the molecule is CCC(C)(CC(C)(CC(C)(C)C(=O)OCCOP(=O)([O-])[O-])C(=O)OCCOP(=O)([O-])[O-])C(=O)OCCOP(=O)([O-])[O-].[Na+].[Na+].[Na+].[Na+].[Na+].[Na+]. The maximum absolute atomic E-state index is 13.2. The first-order valence-electron chi connectivity index (χ1n) is 11.9. The van der Waals surface area contributed by atoms with Gasteiger partial charge in [-0.05, 0) is 47.0 Å². The molecule has 0 saturated carbocycles. The molecule has 0 aliphatic carbocycles. The number of hydrogen-bond donors (Lipinski definition) is 0. The minimum atomic E-state index is -5.36. The van der Waals surface area contributed by atoms with Crippen LogP contribution in [0.3, 0.4) is 0 Å². The molecule has 0 aromatic rings. The van der Waals surface area contributed by atoms with Crippen LogP contribution in [0.2, 0.25) is 0 Å². The topological polar surface area (TPSA) is 296 Å². The van der Waals surface area contributed by atoms with E-state index in [0.29, 0.717) is 0 Å². The first kappa shape index (κ1) is 66.5. The Kier molecular flexibility index (Phi) is 42.4. The van der Waals surface area contributed by atoms with E-state index < -0.39 is 97.3 Å². The molecule has 0 fully saturated rings. The Hall–Kier alpha value is 4.74. The second-order valence-electron chi connectivity index (χ2n) is 9.96. The number of hydrogen-bond acceptors (Lipinski definition) is 18. The van der Waals surface area contributed by atoms with Crippen LogP contribution in [0.5, 0.6) is 0 Å². The summed E-state index contributed by atoms with van der Waals surface area (Å²) < 4.78 is 58.8. The predicted octanol–water partition coefficient (Wildman–Crippen LogP) is -20.6. The van der Waals surface area contributed by atoms with Crippen molar-refractivity contribution in [3.8, 4) is 0 Å². The van der Waals surface area contributed by atoms with Gasteiger partial charge in [0.15, 0.2) is 0 Å². The van der Waals surface area contributed by atoms with Gasteiger partial charge in [-0.25, -0.2) is 0 Å². The van der Waals surface area contributed by atoms with Crippen molar-refractivity contribution in [1.82, 2.24) is 0 Å². The zero-order valence-electron chi connectivity index (χ0n) is 29.1. The number of ether oxygens (including phenoxy) is 3. The van der Waals surface area contributed by atoms with E-state index in [1.807, 2.05) is 0 Å². The van der Waals surface area contributed by atoms with Crippen molar-refractivity contribution in [3.63, 3.8) is 0 Å². The van der Waals surface area contributed by atoms with E-state index in [4.69, 9.17) is 14.2 Å². The van der Waals surface area contributed by atoms with Gasteiger partial charge in [-0.3, -0.25) is 14.4 Å². The van der Waals surface area contributed by atoms with Crippen LogP contribution in [-0.4, -0.2) is 57.5 Å². The quantitative estimate of drug-likeness (QED) is 0.0363. The van der Waals surface area contributed by atoms with Crippen molar-refractivity contribution in [2.24, 2.45) is 16.2 Å². The average molecular weight is 792 g/mol. The molecule has 47 heavy (non-hydrogen) atoms. The molecule has 0 saturated heterocycles. The molecule has 0 rings (SSSR count). The van der Waals surface area contributed by atoms with Gasteiger partial charge in [0.25, 0.3) is 0 Å². The molecule has 2 unspecified atom stereocenters. The molecule has 27 heteroatoms. The number of esters is 3. The van der Waals surface area contributed by atoms with E-state index in [1.54, 1.807) is 6.92 Å². The molecule has 0 radical (unpaired) electrons. The fraction of sp³-hybridized carbons (Fsp3) is 0.850. The number of carbonyl (C=O) groups is 3. The first-order chi connectivity index (χ1) is 18.4. The normalized spacial score (nSPS) is 13.9. The molecule has 18 nitrogen and oxygen atoms in total. The van der Waals surface area contributed by atoms with Crippen molar-refractivity contribution in [2.75, 3.05) is 39.6 Å². The molecule has 0 aliphatic heterocycles. The van der Waals surface area contributed by atoms with Gasteiger partial charge in [-0.2, -0.15) is 0 Å². The van der Waals surface area contributed by atoms with Crippen molar-refractivity contribution >= 4 is 41.4 Å². The molecule has 0 N–H and O–H groups in total. The smallest absolute Gasteiger partial charge is 0.790 e. The van der Waals surface area contributed by atoms with Gasteiger partial charge in [0, 0.05) is 0 Å². The maximum Gasteiger partial charge on any atom is 1.00 e. The van der Waals surface area contributed by atoms with Crippen molar-refractivity contribution in [2.45, 2.75) is 53.9 Å². The Morgan fingerprint density at radius 1 is 0.489 bits per heavy atom. The molecule has 0 aromatic carbocycles. The summed E-state index contributed by atoms with van der Waals surface area (Å²) >= 11 is 0. The van der Waals surface area contributed by atoms with Crippen molar-refractivity contribution < 1.29 is 263 Å². The molecule has 0 aliphatic rings. The number of phosphoric acid groups is 3. The molecular formula is C20H33Na6O18P3. The fourth-order valence-corrected chi connectivity index (χ4v) is 4.75. The zero-order valence-corrected chi connectivity index (χ0v) is 43.7. The summed E-state index contributed by atoms with van der Waals surface area (Å²) in [4.78, 5) is 102. The van der Waals surface area contributed by atoms with Crippen molar-refractivity contribution in [1.29, 1.82) is 0 Å². The zero-order chi connectivity index (χ0) is 32.3. The second-order valence-corrected chi connectivity index (χ2v) is 13.4. The largest absolute Gasteiger partial charge is 1.00 e. The Morgan fingerprint density at radius 2 is 0.766 bits per heavy atom. The summed E-state index contributed by atoms with van der Waals surface area (Å²) in [5.41, 5.74) is -4.70. The van der Waals surface area contributed by atoms with E-state index in [9.17, 15) is 57.4 Å². The molecule has 0 bridgehead atoms. The number of carbonyl (C=O) groups excluding carboxylic acids is 3. The number of rotatable bonds is 20. The molecule has 0 amide bonds. The van der Waals surface area contributed by atoms with E-state index in [2.05, 4.69) is 13.6 Å². The fourth-order valence-electron chi connectivity index (χ4n) is 3.85. The molecular weight excluding hydrogens is 759 g/mol. The summed E-state index contributed by atoms with van der Waals surface area (Å²) in [5.74, 6) is -2.91. The summed E-state index contributed by atoms with van der Waals surface area (Å²) in [7, 11) is -16.0. The first-order valence-corrected chi connectivity index (χ1v) is 16.3. The van der Waals surface area contributed by atoms with Crippen LogP contribution in [0.1, 0.15) is 53.9 Å². The van der Waals surface area contributed by atoms with E-state index in [1.165, 1.54) is 27.7 Å². The third-order valence-corrected chi connectivity index (χ3v) is 7.13. The van der Waals surface area contributed by atoms with E-state index in [-0.39, 0.29) is 197 Å². The van der Waals surface area contributed by atoms with Gasteiger partial charge in [-0.1, -0.05) is 6.92 Å². The molecule has 0 spiro atoms. The van der Waals surface area contributed by atoms with Crippen LogP contribution in [-0.2, 0) is 55.9 Å². The van der Waals surface area contributed by atoms with Gasteiger partial charge in [0.2, 0.25) is 0 Å². The van der Waals surface area contributed by atoms with Crippen LogP contribution in [0.25, 0.3) is 0 Å². The van der Waals surface area contributed by atoms with Crippen LogP contribution in [0, 0.1) is 16.2 Å². The molecule has 0 aromatic heterocycles. The summed E-state index contributed by atoms with van der Waals surface area (Å²) in [6.07, 6.45) is -0.680. The van der Waals surface area contributed by atoms with E-state index in [0.717, 1.165) is 0 Å². The Morgan fingerprint density at radius 3 is 1.04 bits per heavy atom. The van der Waals surface area contributed by atoms with Gasteiger partial charge in [0.05, 0.1) is 59.5 Å². The van der Waals surface area contributed by atoms with Crippen LogP contribution in [0.15, 0.2) is 0 Å². The average Bonchev–Trinajstić information content (AvgIpc) is 2.79. The van der Waals surface area contributed by atoms with Gasteiger partial charge in [0.1, 0.15) is 19.8 Å². The van der Waals surface area contributed by atoms with Crippen LogP contribution < -0.4 is 207 Å². The maximum atomic E-state index is 13.2. The Bertz CT molecular complexity index is 1050. The Balaban J connectivity index is -0.000000533. The third kappa shape index (κ3) is 31.6.